The highest BCUT2D eigenvalue weighted by molar-refractivity contribution is 5.75. The number of fused-ring (bicyclic) bond motifs is 1. The topological polar surface area (TPSA) is 64.0 Å². The van der Waals surface area contributed by atoms with Crippen LogP contribution >= 0.6 is 0 Å². The Bertz CT molecular complexity index is 588. The fourth-order valence-electron chi connectivity index (χ4n) is 2.62. The van der Waals surface area contributed by atoms with E-state index in [4.69, 9.17) is 0 Å². The molecule has 0 radical (unpaired) electrons. The van der Waals surface area contributed by atoms with E-state index in [-0.39, 0.29) is 23.4 Å². The quantitative estimate of drug-likeness (QED) is 0.915. The van der Waals surface area contributed by atoms with Gasteiger partial charge in [-0.1, -0.05) is 27.7 Å². The summed E-state index contributed by atoms with van der Waals surface area (Å²) in [6.07, 6.45) is 4.14. The molecule has 116 valence electrons. The van der Waals surface area contributed by atoms with E-state index < -0.39 is 0 Å². The molecular weight excluding hydrogens is 266 g/mol. The number of nitrogens with one attached hydrogen (secondary N) is 1. The van der Waals surface area contributed by atoms with Gasteiger partial charge in [-0.25, -0.2) is 4.98 Å². The molecule has 0 saturated carbocycles. The number of carbonyl (C=O) groups is 1. The van der Waals surface area contributed by atoms with Gasteiger partial charge in [-0.3, -0.25) is 14.2 Å². The summed E-state index contributed by atoms with van der Waals surface area (Å²) in [7, 11) is 0. The minimum atomic E-state index is -0.136. The van der Waals surface area contributed by atoms with Crippen molar-refractivity contribution in [1.82, 2.24) is 14.9 Å². The van der Waals surface area contributed by atoms with Gasteiger partial charge in [0.1, 0.15) is 6.54 Å². The molecule has 1 heterocycles. The van der Waals surface area contributed by atoms with E-state index in [0.717, 1.165) is 30.5 Å². The molecule has 0 aliphatic heterocycles. The Morgan fingerprint density at radius 1 is 1.48 bits per heavy atom. The standard InChI is InChI=1S/C16H25N3O2/c1-11(2)8-17-14(20)9-19-10-18-13-5-6-16(3,4)7-12(13)15(19)21/h10-11H,5-9H2,1-4H3,(H,17,20). The van der Waals surface area contributed by atoms with Crippen LogP contribution in [0.25, 0.3) is 0 Å². The van der Waals surface area contributed by atoms with Crippen LogP contribution in [0.2, 0.25) is 0 Å². The molecule has 21 heavy (non-hydrogen) atoms. The summed E-state index contributed by atoms with van der Waals surface area (Å²) in [5, 5.41) is 2.83. The van der Waals surface area contributed by atoms with Crippen LogP contribution in [-0.2, 0) is 24.2 Å². The van der Waals surface area contributed by atoms with Gasteiger partial charge in [0.05, 0.1) is 12.0 Å². The molecule has 2 rings (SSSR count). The molecule has 0 bridgehead atoms. The molecule has 1 aromatic rings. The number of aryl methyl sites for hydroxylation is 1. The van der Waals surface area contributed by atoms with Crippen LogP contribution in [0.1, 0.15) is 45.4 Å². The second-order valence-electron chi connectivity index (χ2n) is 7.14. The van der Waals surface area contributed by atoms with E-state index in [1.54, 1.807) is 0 Å². The molecule has 0 fully saturated rings. The molecular formula is C16H25N3O2. The van der Waals surface area contributed by atoms with Gasteiger partial charge in [-0.2, -0.15) is 0 Å². The van der Waals surface area contributed by atoms with Crippen LogP contribution in [0.15, 0.2) is 11.1 Å². The van der Waals surface area contributed by atoms with Crippen LogP contribution < -0.4 is 10.9 Å². The number of hydrogen-bond donors (Lipinski definition) is 1. The fraction of sp³-hybridized carbons (Fsp3) is 0.688. The average Bonchev–Trinajstić information content (AvgIpc) is 2.39. The second-order valence-corrected chi connectivity index (χ2v) is 7.14. The van der Waals surface area contributed by atoms with Crippen molar-refractivity contribution in [3.8, 4) is 0 Å². The van der Waals surface area contributed by atoms with Gasteiger partial charge >= 0.3 is 0 Å². The highest BCUT2D eigenvalue weighted by Crippen LogP contribution is 2.31. The highest BCUT2D eigenvalue weighted by atomic mass is 16.2. The Balaban J connectivity index is 2.16. The maximum Gasteiger partial charge on any atom is 0.257 e. The monoisotopic (exact) mass is 291 g/mol. The zero-order valence-electron chi connectivity index (χ0n) is 13.4. The normalized spacial score (nSPS) is 16.6. The molecule has 1 aliphatic carbocycles. The van der Waals surface area contributed by atoms with Crippen LogP contribution in [0.4, 0.5) is 0 Å². The molecule has 0 unspecified atom stereocenters. The number of carbonyl (C=O) groups excluding carboxylic acids is 1. The maximum atomic E-state index is 12.5. The van der Waals surface area contributed by atoms with Crippen molar-refractivity contribution >= 4 is 5.91 Å². The van der Waals surface area contributed by atoms with Crippen molar-refractivity contribution < 1.29 is 4.79 Å². The van der Waals surface area contributed by atoms with Gasteiger partial charge in [0.25, 0.3) is 5.56 Å². The number of nitrogens with zero attached hydrogens (tertiary/aromatic N) is 2. The van der Waals surface area contributed by atoms with Gasteiger partial charge < -0.3 is 5.32 Å². The number of amides is 1. The summed E-state index contributed by atoms with van der Waals surface area (Å²) in [5.41, 5.74) is 1.75. The third-order valence-corrected chi connectivity index (χ3v) is 3.94. The van der Waals surface area contributed by atoms with E-state index in [9.17, 15) is 9.59 Å². The molecule has 1 aromatic heterocycles. The Labute approximate surface area is 125 Å². The SMILES string of the molecule is CC(C)CNC(=O)Cn1cnc2c(c1=O)CC(C)(C)CC2. The van der Waals surface area contributed by atoms with E-state index in [1.807, 2.05) is 13.8 Å². The lowest BCUT2D eigenvalue weighted by Gasteiger charge is -2.30. The van der Waals surface area contributed by atoms with Crippen LogP contribution in [-0.4, -0.2) is 22.0 Å². The van der Waals surface area contributed by atoms with Crippen LogP contribution in [0.3, 0.4) is 0 Å². The number of rotatable bonds is 4. The molecule has 5 nitrogen and oxygen atoms in total. The zero-order valence-corrected chi connectivity index (χ0v) is 13.4. The van der Waals surface area contributed by atoms with Crippen molar-refractivity contribution in [2.24, 2.45) is 11.3 Å². The predicted molar refractivity (Wildman–Crippen MR) is 82.2 cm³/mol. The van der Waals surface area contributed by atoms with Gasteiger partial charge in [-0.05, 0) is 30.6 Å². The average molecular weight is 291 g/mol. The minimum absolute atomic E-state index is 0.0479. The van der Waals surface area contributed by atoms with Gasteiger partial charge in [-0.15, -0.1) is 0 Å². The van der Waals surface area contributed by atoms with Gasteiger partial charge in [0, 0.05) is 12.1 Å². The first-order chi connectivity index (χ1) is 9.78. The minimum Gasteiger partial charge on any atom is -0.354 e. The summed E-state index contributed by atoms with van der Waals surface area (Å²) in [5.74, 6) is 0.260. The lowest BCUT2D eigenvalue weighted by molar-refractivity contribution is -0.121. The molecule has 1 amide bonds. The first kappa shape index (κ1) is 15.7. The Hall–Kier alpha value is -1.65. The first-order valence-electron chi connectivity index (χ1n) is 7.62. The first-order valence-corrected chi connectivity index (χ1v) is 7.62. The highest BCUT2D eigenvalue weighted by Gasteiger charge is 2.28. The summed E-state index contributed by atoms with van der Waals surface area (Å²) >= 11 is 0. The summed E-state index contributed by atoms with van der Waals surface area (Å²) < 4.78 is 1.43. The lowest BCUT2D eigenvalue weighted by atomic mass is 9.76. The van der Waals surface area contributed by atoms with Crippen LogP contribution in [0.5, 0.6) is 0 Å². The molecule has 1 N–H and O–H groups in total. The Kier molecular flexibility index (Phi) is 4.49. The van der Waals surface area contributed by atoms with Crippen molar-refractivity contribution in [1.29, 1.82) is 0 Å². The van der Waals surface area contributed by atoms with E-state index in [0.29, 0.717) is 12.5 Å². The maximum absolute atomic E-state index is 12.5. The number of hydrogen-bond acceptors (Lipinski definition) is 3. The van der Waals surface area contributed by atoms with Crippen molar-refractivity contribution in [3.63, 3.8) is 0 Å². The molecule has 5 heteroatoms. The molecule has 0 saturated heterocycles. The fourth-order valence-corrected chi connectivity index (χ4v) is 2.62. The molecule has 0 atom stereocenters. The second kappa shape index (κ2) is 6.00. The third-order valence-electron chi connectivity index (χ3n) is 3.94. The smallest absolute Gasteiger partial charge is 0.257 e. The van der Waals surface area contributed by atoms with E-state index in [2.05, 4.69) is 24.1 Å². The van der Waals surface area contributed by atoms with Gasteiger partial charge in [0.15, 0.2) is 0 Å². The molecule has 1 aliphatic rings. The summed E-state index contributed by atoms with van der Waals surface area (Å²) in [6.45, 7) is 9.08. The molecule has 0 aromatic carbocycles. The largest absolute Gasteiger partial charge is 0.354 e. The van der Waals surface area contributed by atoms with Crippen LogP contribution in [0, 0.1) is 11.3 Å². The number of aromatic nitrogens is 2. The Morgan fingerprint density at radius 2 is 2.19 bits per heavy atom. The lowest BCUT2D eigenvalue weighted by Crippen LogP contribution is -2.38. The van der Waals surface area contributed by atoms with Crippen molar-refractivity contribution in [2.75, 3.05) is 6.54 Å². The van der Waals surface area contributed by atoms with Crippen molar-refractivity contribution in [3.05, 3.63) is 27.9 Å². The Morgan fingerprint density at radius 3 is 2.86 bits per heavy atom. The predicted octanol–water partition coefficient (Wildman–Crippen LogP) is 1.53. The van der Waals surface area contributed by atoms with Gasteiger partial charge in [0.2, 0.25) is 5.91 Å². The summed E-state index contributed by atoms with van der Waals surface area (Å²) in [4.78, 5) is 28.8. The van der Waals surface area contributed by atoms with E-state index in [1.165, 1.54) is 10.9 Å². The molecule has 0 spiro atoms. The summed E-state index contributed by atoms with van der Waals surface area (Å²) in [6, 6.07) is 0. The third kappa shape index (κ3) is 3.93. The van der Waals surface area contributed by atoms with E-state index >= 15 is 0 Å². The zero-order chi connectivity index (χ0) is 15.6. The van der Waals surface area contributed by atoms with Crippen molar-refractivity contribution in [2.45, 2.75) is 53.5 Å².